The van der Waals surface area contributed by atoms with E-state index >= 15 is 0 Å². The zero-order chi connectivity index (χ0) is 15.7. The second kappa shape index (κ2) is 6.06. The van der Waals surface area contributed by atoms with Crippen LogP contribution in [-0.2, 0) is 9.84 Å². The van der Waals surface area contributed by atoms with Gasteiger partial charge in [0.2, 0.25) is 9.84 Å². The monoisotopic (exact) mass is 386 g/mol. The summed E-state index contributed by atoms with van der Waals surface area (Å²) in [5, 5.41) is 0.667. The second-order valence-electron chi connectivity index (χ2n) is 5.36. The van der Waals surface area contributed by atoms with Crippen molar-refractivity contribution in [1.82, 2.24) is 9.97 Å². The molecular formula is C14H15BrN2O2S2. The van der Waals surface area contributed by atoms with E-state index in [2.05, 4.69) is 25.9 Å². The fraction of sp³-hybridized carbons (Fsp3) is 0.286. The Balaban J connectivity index is 2.22. The summed E-state index contributed by atoms with van der Waals surface area (Å²) in [6.45, 7) is 4.94. The van der Waals surface area contributed by atoms with Gasteiger partial charge in [-0.1, -0.05) is 27.7 Å². The van der Waals surface area contributed by atoms with Gasteiger partial charge < -0.3 is 0 Å². The molecule has 4 nitrogen and oxygen atoms in total. The smallest absolute Gasteiger partial charge is 0.202 e. The van der Waals surface area contributed by atoms with Crippen molar-refractivity contribution in [3.8, 4) is 0 Å². The lowest BCUT2D eigenvalue weighted by Crippen LogP contribution is -2.28. The summed E-state index contributed by atoms with van der Waals surface area (Å²) in [4.78, 5) is 9.25. The first kappa shape index (κ1) is 16.5. The molecule has 21 heavy (non-hydrogen) atoms. The fourth-order valence-electron chi connectivity index (χ4n) is 1.43. The molecule has 0 N–H and O–H groups in total. The van der Waals surface area contributed by atoms with E-state index in [9.17, 15) is 8.42 Å². The number of hydrogen-bond acceptors (Lipinski definition) is 5. The lowest BCUT2D eigenvalue weighted by atomic mass is 10.3. The van der Waals surface area contributed by atoms with E-state index in [1.807, 2.05) is 24.3 Å². The van der Waals surface area contributed by atoms with Crippen molar-refractivity contribution in [1.29, 1.82) is 0 Å². The molecule has 0 unspecified atom stereocenters. The number of benzene rings is 1. The molecule has 0 aliphatic rings. The van der Waals surface area contributed by atoms with Crippen molar-refractivity contribution in [3.05, 3.63) is 41.1 Å². The molecule has 0 aliphatic carbocycles. The molecule has 2 aromatic rings. The molecule has 0 aliphatic heterocycles. The van der Waals surface area contributed by atoms with E-state index in [0.717, 1.165) is 9.37 Å². The highest BCUT2D eigenvalue weighted by Crippen LogP contribution is 2.28. The molecule has 7 heteroatoms. The van der Waals surface area contributed by atoms with Crippen molar-refractivity contribution in [2.45, 2.75) is 40.5 Å². The molecule has 0 radical (unpaired) electrons. The van der Waals surface area contributed by atoms with Gasteiger partial charge in [-0.05, 0) is 45.0 Å². The zero-order valence-electron chi connectivity index (χ0n) is 11.9. The first-order chi connectivity index (χ1) is 9.70. The summed E-state index contributed by atoms with van der Waals surface area (Å²) in [6, 6.07) is 7.79. The third-order valence-electron chi connectivity index (χ3n) is 2.72. The van der Waals surface area contributed by atoms with Gasteiger partial charge >= 0.3 is 0 Å². The van der Waals surface area contributed by atoms with Crippen molar-refractivity contribution in [3.63, 3.8) is 0 Å². The van der Waals surface area contributed by atoms with Gasteiger partial charge in [0.15, 0.2) is 5.03 Å². The summed E-state index contributed by atoms with van der Waals surface area (Å²) >= 11 is 4.81. The number of nitrogens with zero attached hydrogens (tertiary/aromatic N) is 2. The molecule has 0 saturated carbocycles. The minimum Gasteiger partial charge on any atom is -0.245 e. The predicted octanol–water partition coefficient (Wildman–Crippen LogP) is 3.96. The number of hydrogen-bond donors (Lipinski definition) is 0. The lowest BCUT2D eigenvalue weighted by molar-refractivity contribution is 0.555. The SMILES string of the molecule is CC(C)(C)S(=O)(=O)c1cnc(Sc2ccc(Br)cc2)cn1. The van der Waals surface area contributed by atoms with Gasteiger partial charge in [-0.2, -0.15) is 0 Å². The zero-order valence-corrected chi connectivity index (χ0v) is 15.1. The van der Waals surface area contributed by atoms with Gasteiger partial charge in [0.05, 0.1) is 17.1 Å². The molecule has 0 fully saturated rings. The van der Waals surface area contributed by atoms with E-state index in [-0.39, 0.29) is 5.03 Å². The van der Waals surface area contributed by atoms with Crippen molar-refractivity contribution < 1.29 is 8.42 Å². The van der Waals surface area contributed by atoms with Crippen LogP contribution < -0.4 is 0 Å². The molecule has 1 aromatic heterocycles. The van der Waals surface area contributed by atoms with Crippen molar-refractivity contribution >= 4 is 37.5 Å². The van der Waals surface area contributed by atoms with E-state index in [1.165, 1.54) is 24.2 Å². The van der Waals surface area contributed by atoms with Crippen LogP contribution >= 0.6 is 27.7 Å². The number of aromatic nitrogens is 2. The van der Waals surface area contributed by atoms with Crippen LogP contribution in [0.3, 0.4) is 0 Å². The quantitative estimate of drug-likeness (QED) is 0.798. The number of halogens is 1. The third-order valence-corrected chi connectivity index (χ3v) is 6.55. The average Bonchev–Trinajstić information content (AvgIpc) is 2.41. The standard InChI is InChI=1S/C14H15BrN2O2S2/c1-14(2,3)21(18,19)13-9-16-12(8-17-13)20-11-6-4-10(15)5-7-11/h4-9H,1-3H3. The number of rotatable bonds is 3. The Hall–Kier alpha value is -0.920. The van der Waals surface area contributed by atoms with Crippen LogP contribution in [-0.4, -0.2) is 23.1 Å². The average molecular weight is 387 g/mol. The molecule has 0 bridgehead atoms. The van der Waals surface area contributed by atoms with Crippen LogP contribution in [0.15, 0.2) is 56.1 Å². The Morgan fingerprint density at radius 2 is 1.67 bits per heavy atom. The molecule has 0 spiro atoms. The number of sulfone groups is 1. The molecule has 2 rings (SSSR count). The van der Waals surface area contributed by atoms with Gasteiger partial charge in [-0.15, -0.1) is 0 Å². The summed E-state index contributed by atoms with van der Waals surface area (Å²) in [7, 11) is -3.46. The summed E-state index contributed by atoms with van der Waals surface area (Å²) in [6.07, 6.45) is 2.81. The predicted molar refractivity (Wildman–Crippen MR) is 87.2 cm³/mol. The Kier molecular flexibility index (Phi) is 4.75. The first-order valence-corrected chi connectivity index (χ1v) is 9.29. The van der Waals surface area contributed by atoms with E-state index in [1.54, 1.807) is 20.8 Å². The van der Waals surface area contributed by atoms with Crippen LogP contribution in [0, 0.1) is 0 Å². The highest BCUT2D eigenvalue weighted by atomic mass is 79.9. The molecule has 112 valence electrons. The molecule has 1 aromatic carbocycles. The van der Waals surface area contributed by atoms with E-state index < -0.39 is 14.6 Å². The molecule has 0 saturated heterocycles. The lowest BCUT2D eigenvalue weighted by Gasteiger charge is -2.18. The largest absolute Gasteiger partial charge is 0.245 e. The fourth-order valence-corrected chi connectivity index (χ4v) is 3.43. The van der Waals surface area contributed by atoms with E-state index in [0.29, 0.717) is 5.03 Å². The Morgan fingerprint density at radius 1 is 1.05 bits per heavy atom. The van der Waals surface area contributed by atoms with Gasteiger partial charge in [0, 0.05) is 9.37 Å². The Morgan fingerprint density at radius 3 is 2.14 bits per heavy atom. The van der Waals surface area contributed by atoms with Crippen molar-refractivity contribution in [2.24, 2.45) is 0 Å². The molecular weight excluding hydrogens is 372 g/mol. The van der Waals surface area contributed by atoms with Gasteiger partial charge in [0.25, 0.3) is 0 Å². The maximum atomic E-state index is 12.2. The van der Waals surface area contributed by atoms with Gasteiger partial charge in [-0.3, -0.25) is 0 Å². The minimum atomic E-state index is -3.46. The van der Waals surface area contributed by atoms with E-state index in [4.69, 9.17) is 0 Å². The Labute approximate surface area is 137 Å². The Bertz CT molecular complexity index is 721. The molecule has 0 amide bonds. The first-order valence-electron chi connectivity index (χ1n) is 6.20. The summed E-state index contributed by atoms with van der Waals surface area (Å²) in [5.41, 5.74) is 0. The topological polar surface area (TPSA) is 59.9 Å². The van der Waals surface area contributed by atoms with Gasteiger partial charge in [-0.25, -0.2) is 18.4 Å². The van der Waals surface area contributed by atoms with Crippen LogP contribution in [0.4, 0.5) is 0 Å². The molecule has 0 atom stereocenters. The van der Waals surface area contributed by atoms with Crippen LogP contribution in [0.1, 0.15) is 20.8 Å². The third kappa shape index (κ3) is 3.84. The maximum Gasteiger partial charge on any atom is 0.202 e. The minimum absolute atomic E-state index is 0.00940. The second-order valence-corrected chi connectivity index (χ2v) is 10.0. The maximum absolute atomic E-state index is 12.2. The highest BCUT2D eigenvalue weighted by molar-refractivity contribution is 9.10. The van der Waals surface area contributed by atoms with Crippen molar-refractivity contribution in [2.75, 3.05) is 0 Å². The van der Waals surface area contributed by atoms with Crippen LogP contribution in [0.25, 0.3) is 0 Å². The van der Waals surface area contributed by atoms with Crippen LogP contribution in [0.2, 0.25) is 0 Å². The normalized spacial score (nSPS) is 12.4. The molecule has 1 heterocycles. The van der Waals surface area contributed by atoms with Gasteiger partial charge in [0.1, 0.15) is 5.03 Å². The summed E-state index contributed by atoms with van der Waals surface area (Å²) in [5.74, 6) is 0. The van der Waals surface area contributed by atoms with Crippen LogP contribution in [0.5, 0.6) is 0 Å². The summed E-state index contributed by atoms with van der Waals surface area (Å²) < 4.78 is 24.6. The highest BCUT2D eigenvalue weighted by Gasteiger charge is 2.32.